The predicted octanol–water partition coefficient (Wildman–Crippen LogP) is 4.35. The van der Waals surface area contributed by atoms with Crippen molar-refractivity contribution in [1.29, 1.82) is 0 Å². The van der Waals surface area contributed by atoms with Crippen LogP contribution in [0.5, 0.6) is 0 Å². The number of aryl methyl sites for hydroxylation is 2. The molecular weight excluding hydrogens is 233 g/mol. The number of halogens is 3. The fourth-order valence-electron chi connectivity index (χ4n) is 1.59. The fourth-order valence-corrected chi connectivity index (χ4v) is 2.66. The van der Waals surface area contributed by atoms with Gasteiger partial charge in [-0.1, -0.05) is 18.2 Å². The van der Waals surface area contributed by atoms with Crippen molar-refractivity contribution in [3.63, 3.8) is 0 Å². The van der Waals surface area contributed by atoms with E-state index in [-0.39, 0.29) is 0 Å². The van der Waals surface area contributed by atoms with E-state index in [1.807, 2.05) is 26.0 Å². The average Bonchev–Trinajstić information content (AvgIpc) is 2.17. The first-order valence-corrected chi connectivity index (χ1v) is 5.79. The second kappa shape index (κ2) is 3.84. The lowest BCUT2D eigenvalue weighted by Crippen LogP contribution is -2.24. The Bertz CT molecular complexity index is 446. The highest BCUT2D eigenvalue weighted by Crippen LogP contribution is 2.41. The average molecular weight is 244 g/mol. The Kier molecular flexibility index (Phi) is 2.78. The second-order valence-electron chi connectivity index (χ2n) is 3.91. The van der Waals surface area contributed by atoms with Gasteiger partial charge < -0.3 is 0 Å². The number of thioether (sulfide) groups is 1. The van der Waals surface area contributed by atoms with Crippen LogP contribution in [-0.4, -0.2) is 11.4 Å². The molecule has 0 N–H and O–H groups in total. The zero-order chi connectivity index (χ0) is 11.9. The molecule has 1 aliphatic rings. The molecule has 1 aromatic carbocycles. The maximum Gasteiger partial charge on any atom is 0.404 e. The lowest BCUT2D eigenvalue weighted by molar-refractivity contribution is -0.119. The Hall–Kier alpha value is -0.900. The molecule has 16 heavy (non-hydrogen) atoms. The molecule has 0 saturated heterocycles. The van der Waals surface area contributed by atoms with Crippen LogP contribution in [0, 0.1) is 13.8 Å². The molecule has 0 saturated carbocycles. The zero-order valence-electron chi connectivity index (χ0n) is 8.93. The molecule has 1 aromatic rings. The SMILES string of the molecule is Cc1cc2c(cc1C)SC(C(F)(F)F)C=C2. The van der Waals surface area contributed by atoms with Crippen molar-refractivity contribution in [2.24, 2.45) is 0 Å². The molecule has 1 unspecified atom stereocenters. The second-order valence-corrected chi connectivity index (χ2v) is 5.10. The van der Waals surface area contributed by atoms with Crippen LogP contribution in [0.15, 0.2) is 23.1 Å². The summed E-state index contributed by atoms with van der Waals surface area (Å²) < 4.78 is 37.6. The van der Waals surface area contributed by atoms with E-state index in [9.17, 15) is 13.2 Å². The minimum absolute atomic E-state index is 0.716. The van der Waals surface area contributed by atoms with Crippen LogP contribution in [-0.2, 0) is 0 Å². The summed E-state index contributed by atoms with van der Waals surface area (Å²) in [7, 11) is 0. The van der Waals surface area contributed by atoms with Gasteiger partial charge in [0.05, 0.1) is 0 Å². The van der Waals surface area contributed by atoms with E-state index in [4.69, 9.17) is 0 Å². The van der Waals surface area contributed by atoms with Gasteiger partial charge in [-0.25, -0.2) is 0 Å². The maximum absolute atomic E-state index is 12.5. The molecule has 0 radical (unpaired) electrons. The molecule has 2 rings (SSSR count). The van der Waals surface area contributed by atoms with Crippen molar-refractivity contribution in [3.05, 3.63) is 34.9 Å². The van der Waals surface area contributed by atoms with E-state index >= 15 is 0 Å². The summed E-state index contributed by atoms with van der Waals surface area (Å²) in [5.41, 5.74) is 3.02. The van der Waals surface area contributed by atoms with Crippen LogP contribution >= 0.6 is 11.8 Å². The number of rotatable bonds is 0. The van der Waals surface area contributed by atoms with Gasteiger partial charge in [-0.3, -0.25) is 0 Å². The van der Waals surface area contributed by atoms with E-state index in [1.54, 1.807) is 6.08 Å². The lowest BCUT2D eigenvalue weighted by Gasteiger charge is -2.22. The summed E-state index contributed by atoms with van der Waals surface area (Å²) in [6, 6.07) is 3.76. The minimum atomic E-state index is -4.17. The third-order valence-corrected chi connectivity index (χ3v) is 3.94. The third kappa shape index (κ3) is 2.12. The molecule has 0 aliphatic carbocycles. The molecule has 0 fully saturated rings. The molecule has 1 aliphatic heterocycles. The van der Waals surface area contributed by atoms with E-state index in [1.165, 1.54) is 6.08 Å². The molecule has 0 spiro atoms. The van der Waals surface area contributed by atoms with Crippen LogP contribution in [0.4, 0.5) is 13.2 Å². The van der Waals surface area contributed by atoms with Crippen LogP contribution in [0.1, 0.15) is 16.7 Å². The summed E-state index contributed by atoms with van der Waals surface area (Å²) in [6.07, 6.45) is -1.38. The first-order valence-electron chi connectivity index (χ1n) is 4.91. The number of benzene rings is 1. The van der Waals surface area contributed by atoms with Crippen LogP contribution in [0.25, 0.3) is 6.08 Å². The highest BCUT2D eigenvalue weighted by molar-refractivity contribution is 8.00. The van der Waals surface area contributed by atoms with Crippen LogP contribution in [0.3, 0.4) is 0 Å². The number of fused-ring (bicyclic) bond motifs is 1. The fraction of sp³-hybridized carbons (Fsp3) is 0.333. The Morgan fingerprint density at radius 3 is 2.38 bits per heavy atom. The molecule has 4 heteroatoms. The lowest BCUT2D eigenvalue weighted by atomic mass is 10.1. The largest absolute Gasteiger partial charge is 0.404 e. The van der Waals surface area contributed by atoms with Crippen molar-refractivity contribution in [3.8, 4) is 0 Å². The van der Waals surface area contributed by atoms with Gasteiger partial charge in [-0.2, -0.15) is 13.2 Å². The summed E-state index contributed by atoms with van der Waals surface area (Å²) >= 11 is 0.875. The van der Waals surface area contributed by atoms with Crippen molar-refractivity contribution < 1.29 is 13.2 Å². The molecule has 0 amide bonds. The standard InChI is InChI=1S/C12H11F3S/c1-7-5-9-3-4-11(12(13,14)15)16-10(9)6-8(7)2/h3-6,11H,1-2H3. The van der Waals surface area contributed by atoms with Crippen molar-refractivity contribution >= 4 is 17.8 Å². The van der Waals surface area contributed by atoms with Gasteiger partial charge in [0.1, 0.15) is 5.25 Å². The number of alkyl halides is 3. The van der Waals surface area contributed by atoms with Crippen molar-refractivity contribution in [2.45, 2.75) is 30.2 Å². The zero-order valence-corrected chi connectivity index (χ0v) is 9.75. The molecule has 0 nitrogen and oxygen atoms in total. The van der Waals surface area contributed by atoms with Gasteiger partial charge in [0, 0.05) is 4.90 Å². The third-order valence-electron chi connectivity index (χ3n) is 2.65. The summed E-state index contributed by atoms with van der Waals surface area (Å²) in [4.78, 5) is 0.716. The van der Waals surface area contributed by atoms with Crippen LogP contribution in [0.2, 0.25) is 0 Å². The quantitative estimate of drug-likeness (QED) is 0.653. The number of hydrogen-bond donors (Lipinski definition) is 0. The summed E-state index contributed by atoms with van der Waals surface area (Å²) in [5, 5.41) is -1.41. The topological polar surface area (TPSA) is 0 Å². The van der Waals surface area contributed by atoms with Gasteiger partial charge in [0.25, 0.3) is 0 Å². The summed E-state index contributed by atoms with van der Waals surface area (Å²) in [6.45, 7) is 3.88. The maximum atomic E-state index is 12.5. The first-order chi connectivity index (χ1) is 7.38. The Balaban J connectivity index is 2.38. The summed E-state index contributed by atoms with van der Waals surface area (Å²) in [5.74, 6) is 0. The van der Waals surface area contributed by atoms with Gasteiger partial charge in [-0.15, -0.1) is 11.8 Å². The van der Waals surface area contributed by atoms with E-state index in [0.29, 0.717) is 4.90 Å². The van der Waals surface area contributed by atoms with E-state index < -0.39 is 11.4 Å². The smallest absolute Gasteiger partial charge is 0.169 e. The number of hydrogen-bond acceptors (Lipinski definition) is 1. The Morgan fingerprint density at radius 2 is 1.75 bits per heavy atom. The molecule has 0 bridgehead atoms. The molecule has 1 heterocycles. The Morgan fingerprint density at radius 1 is 1.12 bits per heavy atom. The monoisotopic (exact) mass is 244 g/mol. The van der Waals surface area contributed by atoms with Gasteiger partial charge >= 0.3 is 6.18 Å². The molecule has 1 atom stereocenters. The minimum Gasteiger partial charge on any atom is -0.169 e. The van der Waals surface area contributed by atoms with Gasteiger partial charge in [-0.05, 0) is 36.6 Å². The highest BCUT2D eigenvalue weighted by Gasteiger charge is 2.40. The Labute approximate surface area is 96.5 Å². The predicted molar refractivity (Wildman–Crippen MR) is 60.7 cm³/mol. The molecular formula is C12H11F3S. The van der Waals surface area contributed by atoms with E-state index in [2.05, 4.69) is 0 Å². The van der Waals surface area contributed by atoms with Crippen molar-refractivity contribution in [2.75, 3.05) is 0 Å². The van der Waals surface area contributed by atoms with E-state index in [0.717, 1.165) is 28.5 Å². The highest BCUT2D eigenvalue weighted by atomic mass is 32.2. The first kappa shape index (κ1) is 11.6. The van der Waals surface area contributed by atoms with Crippen molar-refractivity contribution in [1.82, 2.24) is 0 Å². The molecule has 0 aromatic heterocycles. The van der Waals surface area contributed by atoms with Crippen LogP contribution < -0.4 is 0 Å². The van der Waals surface area contributed by atoms with Gasteiger partial charge in [0.2, 0.25) is 0 Å². The normalized spacial score (nSPS) is 19.7. The molecule has 86 valence electrons. The van der Waals surface area contributed by atoms with Gasteiger partial charge in [0.15, 0.2) is 0 Å².